The van der Waals surface area contributed by atoms with Gasteiger partial charge in [-0.2, -0.15) is 0 Å². The van der Waals surface area contributed by atoms with Gasteiger partial charge in [-0.25, -0.2) is 4.79 Å². The third-order valence-corrected chi connectivity index (χ3v) is 6.04. The minimum atomic E-state index is -0.434. The number of fused-ring (bicyclic) bond motifs is 1. The first kappa shape index (κ1) is 21.7. The van der Waals surface area contributed by atoms with E-state index in [1.807, 2.05) is 48.5 Å². The summed E-state index contributed by atoms with van der Waals surface area (Å²) in [6.45, 7) is 2.08. The van der Waals surface area contributed by atoms with Gasteiger partial charge in [0.2, 0.25) is 0 Å². The Hall–Kier alpha value is -3.54. The normalized spacial score (nSPS) is 15.2. The molecule has 166 valence electrons. The number of aromatic nitrogens is 1. The zero-order chi connectivity index (χ0) is 22.7. The molecule has 32 heavy (non-hydrogen) atoms. The van der Waals surface area contributed by atoms with Gasteiger partial charge in [0.25, 0.3) is 0 Å². The van der Waals surface area contributed by atoms with Crippen molar-refractivity contribution in [2.75, 3.05) is 20.8 Å². The van der Waals surface area contributed by atoms with Crippen molar-refractivity contribution in [3.8, 4) is 11.5 Å². The highest BCUT2D eigenvalue weighted by molar-refractivity contribution is 6.03. The molecule has 0 radical (unpaired) electrons. The first-order chi connectivity index (χ1) is 15.5. The molecule has 1 heterocycles. The lowest BCUT2D eigenvalue weighted by Crippen LogP contribution is -2.19. The number of carbonyl (C=O) groups excluding carboxylic acids is 2. The number of hydrogen-bond acceptors (Lipinski definition) is 5. The van der Waals surface area contributed by atoms with Gasteiger partial charge in [-0.05, 0) is 42.7 Å². The molecule has 4 rings (SSSR count). The Balaban J connectivity index is 1.53. The van der Waals surface area contributed by atoms with Crippen LogP contribution in [0.15, 0.2) is 48.5 Å². The second-order valence-corrected chi connectivity index (χ2v) is 7.99. The molecule has 0 spiro atoms. The molecule has 3 aromatic rings. The highest BCUT2D eigenvalue weighted by Gasteiger charge is 2.33. The van der Waals surface area contributed by atoms with Crippen molar-refractivity contribution >= 4 is 11.8 Å². The lowest BCUT2D eigenvalue weighted by Gasteiger charge is -2.24. The molecule has 6 heteroatoms. The van der Waals surface area contributed by atoms with Gasteiger partial charge in [0.15, 0.2) is 5.78 Å². The fourth-order valence-corrected chi connectivity index (χ4v) is 4.39. The molecule has 0 aliphatic heterocycles. The number of methoxy groups -OCH3 is 2. The molecule has 0 unspecified atom stereocenters. The smallest absolute Gasteiger partial charge is 0.355 e. The molecule has 0 amide bonds. The first-order valence-electron chi connectivity index (χ1n) is 10.7. The second-order valence-electron chi connectivity index (χ2n) is 7.99. The summed E-state index contributed by atoms with van der Waals surface area (Å²) in [6.07, 6.45) is 1.59. The molecule has 2 aromatic carbocycles. The minimum Gasteiger partial charge on any atom is -0.497 e. The van der Waals surface area contributed by atoms with E-state index >= 15 is 0 Å². The summed E-state index contributed by atoms with van der Waals surface area (Å²) in [5, 5.41) is 0. The second kappa shape index (κ2) is 9.30. The van der Waals surface area contributed by atoms with Crippen LogP contribution in [0.1, 0.15) is 55.6 Å². The van der Waals surface area contributed by atoms with E-state index in [2.05, 4.69) is 4.98 Å². The number of benzene rings is 2. The summed E-state index contributed by atoms with van der Waals surface area (Å²) < 4.78 is 16.4. The summed E-state index contributed by atoms with van der Waals surface area (Å²) in [5.41, 5.74) is 4.42. The molecule has 1 N–H and O–H groups in total. The summed E-state index contributed by atoms with van der Waals surface area (Å²) in [7, 11) is 3.23. The van der Waals surface area contributed by atoms with E-state index in [1.54, 1.807) is 21.1 Å². The third-order valence-electron chi connectivity index (χ3n) is 6.04. The van der Waals surface area contributed by atoms with E-state index < -0.39 is 5.97 Å². The van der Waals surface area contributed by atoms with Gasteiger partial charge in [0, 0.05) is 35.6 Å². The van der Waals surface area contributed by atoms with E-state index in [4.69, 9.17) is 14.2 Å². The highest BCUT2D eigenvalue weighted by Crippen LogP contribution is 2.40. The van der Waals surface area contributed by atoms with E-state index in [0.717, 1.165) is 22.6 Å². The Morgan fingerprint density at radius 3 is 2.56 bits per heavy atom. The molecule has 1 aromatic heterocycles. The summed E-state index contributed by atoms with van der Waals surface area (Å²) in [4.78, 5) is 28.9. The minimum absolute atomic E-state index is 0.0122. The quantitative estimate of drug-likeness (QED) is 0.549. The van der Waals surface area contributed by atoms with E-state index in [1.165, 1.54) is 0 Å². The number of Topliss-reactive ketones (excluding diaryl/α,β-unsaturated/α-hetero) is 1. The number of rotatable bonds is 7. The maximum atomic E-state index is 13.0. The van der Waals surface area contributed by atoms with Crippen molar-refractivity contribution in [2.24, 2.45) is 0 Å². The van der Waals surface area contributed by atoms with Gasteiger partial charge in [0.05, 0.1) is 20.8 Å². The van der Waals surface area contributed by atoms with Crippen LogP contribution in [-0.4, -0.2) is 37.6 Å². The third kappa shape index (κ3) is 4.26. The molecule has 0 fully saturated rings. The van der Waals surface area contributed by atoms with Crippen LogP contribution in [0.4, 0.5) is 0 Å². The molecule has 1 aliphatic rings. The number of aromatic amines is 1. The van der Waals surface area contributed by atoms with Crippen molar-refractivity contribution in [2.45, 2.75) is 32.1 Å². The highest BCUT2D eigenvalue weighted by atomic mass is 16.5. The summed E-state index contributed by atoms with van der Waals surface area (Å²) in [5.74, 6) is 0.940. The fourth-order valence-electron chi connectivity index (χ4n) is 4.39. The number of esters is 1. The first-order valence-corrected chi connectivity index (χ1v) is 10.7. The summed E-state index contributed by atoms with van der Waals surface area (Å²) >= 11 is 0. The van der Waals surface area contributed by atoms with Crippen LogP contribution in [0.25, 0.3) is 0 Å². The van der Waals surface area contributed by atoms with Gasteiger partial charge in [-0.1, -0.05) is 30.3 Å². The molecular formula is C26H27NO5. The van der Waals surface area contributed by atoms with Crippen LogP contribution in [0.3, 0.4) is 0 Å². The van der Waals surface area contributed by atoms with E-state index in [0.29, 0.717) is 41.8 Å². The monoisotopic (exact) mass is 433 g/mol. The molecule has 1 atom stereocenters. The van der Waals surface area contributed by atoms with Gasteiger partial charge < -0.3 is 19.2 Å². The maximum absolute atomic E-state index is 13.0. The van der Waals surface area contributed by atoms with Crippen LogP contribution in [-0.2, 0) is 17.6 Å². The average Bonchev–Trinajstić information content (AvgIpc) is 3.16. The molecule has 6 nitrogen and oxygen atoms in total. The van der Waals surface area contributed by atoms with Crippen LogP contribution >= 0.6 is 0 Å². The van der Waals surface area contributed by atoms with Crippen molar-refractivity contribution in [3.05, 3.63) is 82.2 Å². The summed E-state index contributed by atoms with van der Waals surface area (Å²) in [6, 6.07) is 15.5. The van der Waals surface area contributed by atoms with Crippen molar-refractivity contribution < 1.29 is 23.8 Å². The molecule has 0 saturated heterocycles. The largest absolute Gasteiger partial charge is 0.497 e. The number of hydrogen-bond donors (Lipinski definition) is 1. The predicted octanol–water partition coefficient (Wildman–Crippen LogP) is 4.65. The number of H-pyrrole nitrogens is 1. The van der Waals surface area contributed by atoms with Crippen LogP contribution in [0, 0.1) is 6.92 Å². The van der Waals surface area contributed by atoms with Gasteiger partial charge in [-0.3, -0.25) is 4.79 Å². The lowest BCUT2D eigenvalue weighted by atomic mass is 9.81. The SMILES string of the molecule is COc1ccc(OC)c([C@@H]2CC(=O)c3c([nH]c(C(=O)OCCc4ccccc4)c3C)C2)c1. The predicted molar refractivity (Wildman–Crippen MR) is 121 cm³/mol. The Morgan fingerprint density at radius 1 is 1.06 bits per heavy atom. The van der Waals surface area contributed by atoms with Gasteiger partial charge in [0.1, 0.15) is 17.2 Å². The Morgan fingerprint density at radius 2 is 1.84 bits per heavy atom. The van der Waals surface area contributed by atoms with E-state index in [9.17, 15) is 9.59 Å². The van der Waals surface area contributed by atoms with Gasteiger partial charge >= 0.3 is 5.97 Å². The van der Waals surface area contributed by atoms with Crippen molar-refractivity contribution in [3.63, 3.8) is 0 Å². The Bertz CT molecular complexity index is 1130. The zero-order valence-corrected chi connectivity index (χ0v) is 18.6. The standard InChI is InChI=1S/C26H27NO5/c1-16-24-21(27-25(16)26(29)32-12-11-17-7-5-4-6-8-17)13-18(14-22(24)28)20-15-19(30-2)9-10-23(20)31-3/h4-10,15,18,27H,11-14H2,1-3H3/t18-/m0/s1. The average molecular weight is 434 g/mol. The Labute approximate surface area is 187 Å². The van der Waals surface area contributed by atoms with Crippen LogP contribution in [0.5, 0.6) is 11.5 Å². The topological polar surface area (TPSA) is 77.6 Å². The van der Waals surface area contributed by atoms with Crippen molar-refractivity contribution in [1.82, 2.24) is 4.98 Å². The lowest BCUT2D eigenvalue weighted by molar-refractivity contribution is 0.0502. The molecular weight excluding hydrogens is 406 g/mol. The van der Waals surface area contributed by atoms with Crippen molar-refractivity contribution in [1.29, 1.82) is 0 Å². The Kier molecular flexibility index (Phi) is 6.30. The number of ether oxygens (including phenoxy) is 3. The number of nitrogens with one attached hydrogen (secondary N) is 1. The van der Waals surface area contributed by atoms with Crippen LogP contribution in [0.2, 0.25) is 0 Å². The maximum Gasteiger partial charge on any atom is 0.355 e. The molecule has 0 saturated carbocycles. The molecule has 0 bridgehead atoms. The number of carbonyl (C=O) groups is 2. The van der Waals surface area contributed by atoms with E-state index in [-0.39, 0.29) is 18.3 Å². The zero-order valence-electron chi connectivity index (χ0n) is 18.6. The van der Waals surface area contributed by atoms with Crippen LogP contribution < -0.4 is 9.47 Å². The number of ketones is 1. The molecule has 1 aliphatic carbocycles. The fraction of sp³-hybridized carbons (Fsp3) is 0.308. The van der Waals surface area contributed by atoms with Gasteiger partial charge in [-0.15, -0.1) is 0 Å².